The van der Waals surface area contributed by atoms with E-state index in [0.29, 0.717) is 16.8 Å². The van der Waals surface area contributed by atoms with Crippen molar-refractivity contribution in [2.45, 2.75) is 25.6 Å². The lowest BCUT2D eigenvalue weighted by Crippen LogP contribution is -2.48. The van der Waals surface area contributed by atoms with Crippen molar-refractivity contribution in [1.82, 2.24) is 10.6 Å². The average Bonchev–Trinajstić information content (AvgIpc) is 2.92. The molecule has 5 N–H and O–H groups in total. The van der Waals surface area contributed by atoms with Crippen LogP contribution in [0.3, 0.4) is 0 Å². The van der Waals surface area contributed by atoms with Crippen LogP contribution < -0.4 is 16.0 Å². The third kappa shape index (κ3) is 8.83. The largest absolute Gasteiger partial charge is 0.391 e. The first-order valence-corrected chi connectivity index (χ1v) is 12.0. The van der Waals surface area contributed by atoms with Gasteiger partial charge < -0.3 is 26.2 Å². The summed E-state index contributed by atoms with van der Waals surface area (Å²) >= 11 is 0. The maximum absolute atomic E-state index is 13.6. The second-order valence-corrected chi connectivity index (χ2v) is 8.61. The Hall–Kier alpha value is -4.43. The van der Waals surface area contributed by atoms with Crippen molar-refractivity contribution < 1.29 is 33.4 Å². The maximum atomic E-state index is 13.6. The van der Waals surface area contributed by atoms with E-state index >= 15 is 0 Å². The molecular formula is C29H27F2N3O5. The number of anilines is 1. The number of rotatable bonds is 10. The Morgan fingerprint density at radius 1 is 0.923 bits per heavy atom. The summed E-state index contributed by atoms with van der Waals surface area (Å²) in [7, 11) is 0. The molecule has 0 bridgehead atoms. The normalized spacial score (nSPS) is 12.0. The molecule has 0 heterocycles. The van der Waals surface area contributed by atoms with Crippen LogP contribution in [0.4, 0.5) is 14.5 Å². The fourth-order valence-electron chi connectivity index (χ4n) is 3.46. The number of hydrogen-bond acceptors (Lipinski definition) is 6. The number of nitrogens with one attached hydrogen (secondary N) is 3. The van der Waals surface area contributed by atoms with Crippen LogP contribution in [-0.4, -0.2) is 53.1 Å². The molecule has 2 atom stereocenters. The van der Waals surface area contributed by atoms with Crippen molar-refractivity contribution in [1.29, 1.82) is 0 Å². The van der Waals surface area contributed by atoms with Gasteiger partial charge in [0, 0.05) is 40.6 Å². The number of benzene rings is 3. The van der Waals surface area contributed by atoms with Gasteiger partial charge in [-0.25, -0.2) is 8.78 Å². The van der Waals surface area contributed by atoms with E-state index in [0.717, 1.165) is 12.1 Å². The van der Waals surface area contributed by atoms with Crippen LogP contribution in [0.1, 0.15) is 34.0 Å². The number of halogens is 2. The molecule has 0 aliphatic heterocycles. The summed E-state index contributed by atoms with van der Waals surface area (Å²) in [6, 6.07) is 15.2. The zero-order valence-electron chi connectivity index (χ0n) is 21.0. The zero-order chi connectivity index (χ0) is 28.4. The molecule has 8 nitrogen and oxygen atoms in total. The topological polar surface area (TPSA) is 128 Å². The van der Waals surface area contributed by atoms with Gasteiger partial charge in [0.2, 0.25) is 5.91 Å². The number of hydrogen-bond donors (Lipinski definition) is 5. The summed E-state index contributed by atoms with van der Waals surface area (Å²) in [5, 5.41) is 26.6. The minimum absolute atomic E-state index is 0.0657. The molecule has 202 valence electrons. The number of carbonyl (C=O) groups excluding carboxylic acids is 3. The van der Waals surface area contributed by atoms with E-state index in [1.807, 2.05) is 0 Å². The lowest BCUT2D eigenvalue weighted by molar-refractivity contribution is -0.125. The summed E-state index contributed by atoms with van der Waals surface area (Å²) in [5.41, 5.74) is 2.37. The molecule has 0 saturated carbocycles. The Kier molecular flexibility index (Phi) is 10.4. The number of carbonyl (C=O) groups is 3. The maximum Gasteiger partial charge on any atom is 0.251 e. The van der Waals surface area contributed by atoms with Gasteiger partial charge in [0.05, 0.1) is 12.6 Å². The highest BCUT2D eigenvalue weighted by Gasteiger charge is 2.25. The smallest absolute Gasteiger partial charge is 0.251 e. The van der Waals surface area contributed by atoms with Crippen molar-refractivity contribution in [3.05, 3.63) is 101 Å². The predicted molar refractivity (Wildman–Crippen MR) is 141 cm³/mol. The Balaban J connectivity index is 1.50. The van der Waals surface area contributed by atoms with Crippen molar-refractivity contribution in [2.24, 2.45) is 0 Å². The fourth-order valence-corrected chi connectivity index (χ4v) is 3.46. The van der Waals surface area contributed by atoms with Crippen LogP contribution >= 0.6 is 0 Å². The SMILES string of the molecule is C[C@@H](O)[C@H](NC(=O)c1ccc(C#Cc2ccc(NC(=O)CNCc3ccc(F)cc3F)cc2)cc1)C(=O)CO. The van der Waals surface area contributed by atoms with Crippen LogP contribution in [-0.2, 0) is 16.1 Å². The van der Waals surface area contributed by atoms with Crippen LogP contribution in [0.15, 0.2) is 66.7 Å². The van der Waals surface area contributed by atoms with Crippen LogP contribution in [0.2, 0.25) is 0 Å². The molecule has 0 saturated heterocycles. The number of aliphatic hydroxyl groups excluding tert-OH is 2. The highest BCUT2D eigenvalue weighted by Crippen LogP contribution is 2.11. The number of ketones is 1. The van der Waals surface area contributed by atoms with Gasteiger partial charge in [-0.05, 0) is 61.5 Å². The van der Waals surface area contributed by atoms with E-state index in [2.05, 4.69) is 27.8 Å². The van der Waals surface area contributed by atoms with Crippen LogP contribution in [0.5, 0.6) is 0 Å². The Morgan fingerprint density at radius 2 is 1.54 bits per heavy atom. The van der Waals surface area contributed by atoms with Gasteiger partial charge in [-0.3, -0.25) is 14.4 Å². The van der Waals surface area contributed by atoms with E-state index in [1.165, 1.54) is 25.1 Å². The highest BCUT2D eigenvalue weighted by atomic mass is 19.1. The van der Waals surface area contributed by atoms with E-state index in [1.54, 1.807) is 36.4 Å². The first kappa shape index (κ1) is 29.1. The molecule has 0 aliphatic rings. The molecule has 0 fully saturated rings. The van der Waals surface area contributed by atoms with Gasteiger partial charge in [-0.2, -0.15) is 0 Å². The molecule has 3 aromatic carbocycles. The van der Waals surface area contributed by atoms with Gasteiger partial charge in [-0.15, -0.1) is 0 Å². The summed E-state index contributed by atoms with van der Waals surface area (Å²) < 4.78 is 26.6. The third-order valence-electron chi connectivity index (χ3n) is 5.55. The van der Waals surface area contributed by atoms with Gasteiger partial charge in [-0.1, -0.05) is 17.9 Å². The molecule has 2 amide bonds. The molecular weight excluding hydrogens is 508 g/mol. The average molecular weight is 536 g/mol. The molecule has 39 heavy (non-hydrogen) atoms. The van der Waals surface area contributed by atoms with Crippen molar-refractivity contribution in [2.75, 3.05) is 18.5 Å². The van der Waals surface area contributed by atoms with Crippen molar-refractivity contribution >= 4 is 23.3 Å². The standard InChI is InChI=1S/C29H27F2N3O5/c1-18(36)28(26(37)17-35)34-29(39)21-8-4-19(5-9-21)2-3-20-6-12-24(13-7-20)33-27(38)16-32-15-22-10-11-23(30)14-25(22)31/h4-14,18,28,32,35-36H,15-17H2,1H3,(H,33,38)(H,34,39)/t18-,28+/m1/s1. The molecule has 0 spiro atoms. The second-order valence-electron chi connectivity index (χ2n) is 8.61. The Labute approximate surface area is 224 Å². The molecule has 3 aromatic rings. The Bertz CT molecular complexity index is 1380. The van der Waals surface area contributed by atoms with E-state index in [9.17, 15) is 28.3 Å². The number of aliphatic hydroxyl groups is 2. The van der Waals surface area contributed by atoms with Gasteiger partial charge in [0.15, 0.2) is 5.78 Å². The number of Topliss-reactive ketones (excluding diaryl/α,β-unsaturated/α-hetero) is 1. The predicted octanol–water partition coefficient (Wildman–Crippen LogP) is 2.13. The minimum atomic E-state index is -1.21. The molecule has 10 heteroatoms. The van der Waals surface area contributed by atoms with Crippen LogP contribution in [0.25, 0.3) is 0 Å². The van der Waals surface area contributed by atoms with E-state index < -0.39 is 42.1 Å². The fraction of sp³-hybridized carbons (Fsp3) is 0.207. The van der Waals surface area contributed by atoms with Gasteiger partial charge in [0.25, 0.3) is 5.91 Å². The molecule has 3 rings (SSSR count). The number of amides is 2. The van der Waals surface area contributed by atoms with E-state index in [4.69, 9.17) is 5.11 Å². The molecule has 0 aromatic heterocycles. The van der Waals surface area contributed by atoms with Gasteiger partial charge in [0.1, 0.15) is 24.3 Å². The van der Waals surface area contributed by atoms with Gasteiger partial charge >= 0.3 is 0 Å². The first-order chi connectivity index (χ1) is 18.7. The van der Waals surface area contributed by atoms with Crippen LogP contribution in [0, 0.1) is 23.5 Å². The lowest BCUT2D eigenvalue weighted by atomic mass is 10.1. The highest BCUT2D eigenvalue weighted by molar-refractivity contribution is 5.98. The summed E-state index contributed by atoms with van der Waals surface area (Å²) in [6.45, 7) is 0.557. The second kappa shape index (κ2) is 13.9. The summed E-state index contributed by atoms with van der Waals surface area (Å²) in [6.07, 6.45) is -1.16. The first-order valence-electron chi connectivity index (χ1n) is 12.0. The minimum Gasteiger partial charge on any atom is -0.391 e. The van der Waals surface area contributed by atoms with Crippen molar-refractivity contribution in [3.63, 3.8) is 0 Å². The Morgan fingerprint density at radius 3 is 2.10 bits per heavy atom. The zero-order valence-corrected chi connectivity index (χ0v) is 21.0. The lowest BCUT2D eigenvalue weighted by Gasteiger charge is -2.19. The summed E-state index contributed by atoms with van der Waals surface area (Å²) in [4.78, 5) is 36.2. The monoisotopic (exact) mass is 535 g/mol. The molecule has 0 unspecified atom stereocenters. The van der Waals surface area contributed by atoms with Crippen molar-refractivity contribution in [3.8, 4) is 11.8 Å². The molecule has 0 radical (unpaired) electrons. The molecule has 0 aliphatic carbocycles. The third-order valence-corrected chi connectivity index (χ3v) is 5.55. The summed E-state index contributed by atoms with van der Waals surface area (Å²) in [5.74, 6) is 3.00. The quantitative estimate of drug-likeness (QED) is 0.253. The van der Waals surface area contributed by atoms with E-state index in [-0.39, 0.29) is 30.1 Å².